The summed E-state index contributed by atoms with van der Waals surface area (Å²) in [5.74, 6) is 0.870. The van der Waals surface area contributed by atoms with Crippen LogP contribution in [-0.2, 0) is 0 Å². The number of anilines is 1. The second-order valence-electron chi connectivity index (χ2n) is 5.18. The van der Waals surface area contributed by atoms with Gasteiger partial charge in [-0.3, -0.25) is 10.1 Å². The molecule has 2 unspecified atom stereocenters. The van der Waals surface area contributed by atoms with Crippen LogP contribution in [0, 0.1) is 16.0 Å². The zero-order chi connectivity index (χ0) is 14.5. The fraction of sp³-hybridized carbons (Fsp3) is 0.692. The molecule has 2 rings (SSSR count). The van der Waals surface area contributed by atoms with E-state index in [1.807, 2.05) is 6.92 Å². The Bertz CT molecular complexity index is 481. The van der Waals surface area contributed by atoms with Gasteiger partial charge in [-0.2, -0.15) is 4.98 Å². The third-order valence-electron chi connectivity index (χ3n) is 3.48. The summed E-state index contributed by atoms with van der Waals surface area (Å²) in [6.45, 7) is 4.58. The van der Waals surface area contributed by atoms with Crippen LogP contribution in [0.4, 0.5) is 11.5 Å². The number of hydrogen-bond donors (Lipinski definition) is 1. The average Bonchev–Trinajstić information content (AvgIpc) is 2.39. The molecule has 0 spiro atoms. The molecule has 1 fully saturated rings. The van der Waals surface area contributed by atoms with Crippen molar-refractivity contribution in [2.24, 2.45) is 5.92 Å². The predicted octanol–water partition coefficient (Wildman–Crippen LogP) is 2.77. The lowest BCUT2D eigenvalue weighted by Crippen LogP contribution is -2.25. The van der Waals surface area contributed by atoms with E-state index in [2.05, 4.69) is 22.2 Å². The molecule has 0 saturated heterocycles. The lowest BCUT2D eigenvalue weighted by atomic mass is 9.89. The van der Waals surface area contributed by atoms with E-state index in [-0.39, 0.29) is 23.5 Å². The highest BCUT2D eigenvalue weighted by Gasteiger charge is 2.28. The zero-order valence-electron chi connectivity index (χ0n) is 11.8. The van der Waals surface area contributed by atoms with Gasteiger partial charge in [0.1, 0.15) is 12.4 Å². The molecule has 1 heterocycles. The number of nitrogens with zero attached hydrogens (tertiary/aromatic N) is 3. The van der Waals surface area contributed by atoms with Crippen molar-refractivity contribution in [1.29, 1.82) is 0 Å². The van der Waals surface area contributed by atoms with Gasteiger partial charge in [0.25, 0.3) is 5.88 Å². The molecule has 0 aliphatic heterocycles. The number of rotatable bonds is 5. The highest BCUT2D eigenvalue weighted by molar-refractivity contribution is 5.61. The first-order chi connectivity index (χ1) is 9.61. The van der Waals surface area contributed by atoms with Gasteiger partial charge in [-0.05, 0) is 32.1 Å². The number of aromatic nitrogens is 2. The van der Waals surface area contributed by atoms with Gasteiger partial charge in [-0.25, -0.2) is 4.98 Å². The van der Waals surface area contributed by atoms with E-state index in [9.17, 15) is 10.1 Å². The van der Waals surface area contributed by atoms with Crippen molar-refractivity contribution < 1.29 is 9.66 Å². The molecule has 20 heavy (non-hydrogen) atoms. The van der Waals surface area contributed by atoms with Crippen LogP contribution in [0.5, 0.6) is 5.88 Å². The summed E-state index contributed by atoms with van der Waals surface area (Å²) < 4.78 is 5.77. The minimum Gasteiger partial charge on any atom is -0.469 e. The van der Waals surface area contributed by atoms with Crippen molar-refractivity contribution >= 4 is 11.5 Å². The molecule has 110 valence electrons. The highest BCUT2D eigenvalue weighted by atomic mass is 16.6. The monoisotopic (exact) mass is 280 g/mol. The van der Waals surface area contributed by atoms with Crippen molar-refractivity contribution in [2.45, 2.75) is 45.6 Å². The minimum atomic E-state index is -0.487. The molecule has 7 nitrogen and oxygen atoms in total. The molecule has 1 N–H and O–H groups in total. The van der Waals surface area contributed by atoms with E-state index in [0.717, 1.165) is 19.3 Å². The van der Waals surface area contributed by atoms with Gasteiger partial charge in [0, 0.05) is 6.54 Å². The SMILES string of the molecule is CCNc1ncnc(OC2CCCC(C)C2)c1[N+](=O)[O-]. The average molecular weight is 280 g/mol. The Morgan fingerprint density at radius 3 is 2.95 bits per heavy atom. The van der Waals surface area contributed by atoms with Gasteiger partial charge in [-0.15, -0.1) is 0 Å². The minimum absolute atomic E-state index is 0.00169. The van der Waals surface area contributed by atoms with Gasteiger partial charge in [0.2, 0.25) is 5.82 Å². The van der Waals surface area contributed by atoms with Crippen molar-refractivity contribution in [3.8, 4) is 5.88 Å². The molecule has 0 bridgehead atoms. The van der Waals surface area contributed by atoms with Crippen LogP contribution in [-0.4, -0.2) is 27.5 Å². The molecule has 1 saturated carbocycles. The quantitative estimate of drug-likeness (QED) is 0.658. The number of nitrogens with one attached hydrogen (secondary N) is 1. The topological polar surface area (TPSA) is 90.2 Å². The third-order valence-corrected chi connectivity index (χ3v) is 3.48. The second kappa shape index (κ2) is 6.49. The van der Waals surface area contributed by atoms with E-state index in [1.165, 1.54) is 12.7 Å². The maximum absolute atomic E-state index is 11.2. The lowest BCUT2D eigenvalue weighted by Gasteiger charge is -2.26. The first-order valence-corrected chi connectivity index (χ1v) is 7.01. The van der Waals surface area contributed by atoms with Gasteiger partial charge in [0.05, 0.1) is 4.92 Å². The Labute approximate surface area is 117 Å². The summed E-state index contributed by atoms with van der Waals surface area (Å²) >= 11 is 0. The summed E-state index contributed by atoms with van der Waals surface area (Å²) in [6, 6.07) is 0. The molecule has 1 aliphatic carbocycles. The van der Waals surface area contributed by atoms with Crippen LogP contribution >= 0.6 is 0 Å². The number of hydrogen-bond acceptors (Lipinski definition) is 6. The Morgan fingerprint density at radius 2 is 2.30 bits per heavy atom. The molecule has 1 aromatic rings. The largest absolute Gasteiger partial charge is 0.469 e. The Balaban J connectivity index is 2.21. The van der Waals surface area contributed by atoms with E-state index in [1.54, 1.807) is 0 Å². The summed E-state index contributed by atoms with van der Waals surface area (Å²) in [6.07, 6.45) is 5.41. The lowest BCUT2D eigenvalue weighted by molar-refractivity contribution is -0.385. The van der Waals surface area contributed by atoms with Gasteiger partial charge in [0.15, 0.2) is 0 Å². The molecular formula is C13H20N4O3. The zero-order valence-corrected chi connectivity index (χ0v) is 11.8. The summed E-state index contributed by atoms with van der Waals surface area (Å²) in [7, 11) is 0. The molecule has 1 aromatic heterocycles. The van der Waals surface area contributed by atoms with Crippen molar-refractivity contribution in [2.75, 3.05) is 11.9 Å². The van der Waals surface area contributed by atoms with Crippen molar-refractivity contribution in [1.82, 2.24) is 9.97 Å². The number of ether oxygens (including phenoxy) is 1. The van der Waals surface area contributed by atoms with Crippen LogP contribution in [0.2, 0.25) is 0 Å². The highest BCUT2D eigenvalue weighted by Crippen LogP contribution is 2.34. The third kappa shape index (κ3) is 3.34. The summed E-state index contributed by atoms with van der Waals surface area (Å²) in [5, 5.41) is 14.1. The Morgan fingerprint density at radius 1 is 1.50 bits per heavy atom. The van der Waals surface area contributed by atoms with Gasteiger partial charge in [-0.1, -0.05) is 13.3 Å². The van der Waals surface area contributed by atoms with Crippen LogP contribution in [0.3, 0.4) is 0 Å². The van der Waals surface area contributed by atoms with Gasteiger partial charge < -0.3 is 10.1 Å². The fourth-order valence-corrected chi connectivity index (χ4v) is 2.55. The summed E-state index contributed by atoms with van der Waals surface area (Å²) in [4.78, 5) is 18.6. The molecule has 0 amide bonds. The van der Waals surface area contributed by atoms with Crippen LogP contribution < -0.4 is 10.1 Å². The van der Waals surface area contributed by atoms with Crippen LogP contribution in [0.25, 0.3) is 0 Å². The second-order valence-corrected chi connectivity index (χ2v) is 5.18. The van der Waals surface area contributed by atoms with Gasteiger partial charge >= 0.3 is 5.69 Å². The predicted molar refractivity (Wildman–Crippen MR) is 74.9 cm³/mol. The molecule has 0 radical (unpaired) electrons. The van der Waals surface area contributed by atoms with E-state index in [0.29, 0.717) is 12.5 Å². The number of nitro groups is 1. The normalized spacial score (nSPS) is 22.3. The maximum atomic E-state index is 11.2. The fourth-order valence-electron chi connectivity index (χ4n) is 2.55. The smallest absolute Gasteiger partial charge is 0.372 e. The van der Waals surface area contributed by atoms with E-state index in [4.69, 9.17) is 4.74 Å². The molecule has 7 heteroatoms. The first-order valence-electron chi connectivity index (χ1n) is 7.01. The van der Waals surface area contributed by atoms with E-state index < -0.39 is 4.92 Å². The summed E-state index contributed by atoms with van der Waals surface area (Å²) in [5.41, 5.74) is -0.174. The molecular weight excluding hydrogens is 260 g/mol. The van der Waals surface area contributed by atoms with Crippen molar-refractivity contribution in [3.63, 3.8) is 0 Å². The molecule has 0 aromatic carbocycles. The Hall–Kier alpha value is -1.92. The molecule has 2 atom stereocenters. The van der Waals surface area contributed by atoms with E-state index >= 15 is 0 Å². The van der Waals surface area contributed by atoms with Crippen LogP contribution in [0.15, 0.2) is 6.33 Å². The maximum Gasteiger partial charge on any atom is 0.372 e. The molecule has 1 aliphatic rings. The standard InChI is InChI=1S/C13H20N4O3/c1-3-14-12-11(17(18)19)13(16-8-15-12)20-10-6-4-5-9(2)7-10/h8-10H,3-7H2,1-2H3,(H,14,15,16). The Kier molecular flexibility index (Phi) is 4.70. The first kappa shape index (κ1) is 14.5. The van der Waals surface area contributed by atoms with Crippen molar-refractivity contribution in [3.05, 3.63) is 16.4 Å². The van der Waals surface area contributed by atoms with Crippen LogP contribution in [0.1, 0.15) is 39.5 Å².